The molecule has 0 fully saturated rings. The normalized spacial score (nSPS) is 11.8. The van der Waals surface area contributed by atoms with Crippen LogP contribution in [0.5, 0.6) is 0 Å². The van der Waals surface area contributed by atoms with Crippen LogP contribution in [0.15, 0.2) is 54.7 Å². The van der Waals surface area contributed by atoms with Crippen molar-refractivity contribution in [3.8, 4) is 0 Å². The highest BCUT2D eigenvalue weighted by Crippen LogP contribution is 2.26. The lowest BCUT2D eigenvalue weighted by atomic mass is 10.2. The third-order valence-electron chi connectivity index (χ3n) is 3.29. The Hall–Kier alpha value is -1.51. The highest BCUT2D eigenvalue weighted by molar-refractivity contribution is 7.99. The van der Waals surface area contributed by atoms with Crippen molar-refractivity contribution in [3.05, 3.63) is 75.9 Å². The van der Waals surface area contributed by atoms with Gasteiger partial charge in [-0.15, -0.1) is 0 Å². The zero-order valence-electron chi connectivity index (χ0n) is 13.3. The molecule has 0 atom stereocenters. The fourth-order valence-electron chi connectivity index (χ4n) is 2.05. The van der Waals surface area contributed by atoms with Gasteiger partial charge in [0.15, 0.2) is 9.84 Å². The third-order valence-corrected chi connectivity index (χ3v) is 6.20. The number of thiocarbonyl (C=S) groups is 2. The van der Waals surface area contributed by atoms with Crippen LogP contribution < -0.4 is 11.1 Å². The van der Waals surface area contributed by atoms with Gasteiger partial charge in [-0.05, 0) is 35.4 Å². The molecule has 0 radical (unpaired) electrons. The highest BCUT2D eigenvalue weighted by Gasteiger charge is 2.21. The van der Waals surface area contributed by atoms with Crippen molar-refractivity contribution in [2.45, 2.75) is 5.75 Å². The molecule has 0 bridgehead atoms. The molecule has 0 heterocycles. The van der Waals surface area contributed by atoms with E-state index in [1.807, 2.05) is 0 Å². The first-order valence-corrected chi connectivity index (χ1v) is 10.4. The number of hydrogen-bond donors (Lipinski definition) is 2. The molecule has 136 valence electrons. The monoisotopic (exact) mass is 444 g/mol. The van der Waals surface area contributed by atoms with E-state index in [0.29, 0.717) is 21.2 Å². The van der Waals surface area contributed by atoms with Gasteiger partial charge in [-0.1, -0.05) is 71.9 Å². The Bertz CT molecular complexity index is 955. The molecule has 4 nitrogen and oxygen atoms in total. The SMILES string of the molecule is NC(=S)C(=S)NC=C(c1ccc(Cl)cc1)S(=O)(=O)Cc1ccc(Cl)cc1. The highest BCUT2D eigenvalue weighted by atomic mass is 35.5. The van der Waals surface area contributed by atoms with E-state index in [2.05, 4.69) is 5.32 Å². The van der Waals surface area contributed by atoms with Crippen LogP contribution in [0, 0.1) is 0 Å². The van der Waals surface area contributed by atoms with Crippen molar-refractivity contribution < 1.29 is 8.42 Å². The molecule has 2 rings (SSSR count). The summed E-state index contributed by atoms with van der Waals surface area (Å²) < 4.78 is 25.9. The Morgan fingerprint density at radius 2 is 1.50 bits per heavy atom. The van der Waals surface area contributed by atoms with E-state index in [1.54, 1.807) is 48.5 Å². The standard InChI is InChI=1S/C17H14Cl2N2O2S3/c18-13-5-1-11(2-6-13)10-26(22,23)15(9-21-17(25)16(20)24)12-3-7-14(19)8-4-12/h1-9H,10H2,(H2,20,24)(H,21,25). The summed E-state index contributed by atoms with van der Waals surface area (Å²) in [4.78, 5) is 0.0951. The zero-order chi connectivity index (χ0) is 19.3. The lowest BCUT2D eigenvalue weighted by Gasteiger charge is -2.11. The Morgan fingerprint density at radius 3 is 2.00 bits per heavy atom. The molecule has 3 N–H and O–H groups in total. The van der Waals surface area contributed by atoms with Crippen LogP contribution in [0.1, 0.15) is 11.1 Å². The molecule has 0 saturated carbocycles. The van der Waals surface area contributed by atoms with Gasteiger partial charge in [0.2, 0.25) is 0 Å². The van der Waals surface area contributed by atoms with Gasteiger partial charge in [0.05, 0.1) is 10.7 Å². The minimum Gasteiger partial charge on any atom is -0.388 e. The number of hydrogen-bond acceptors (Lipinski definition) is 4. The maximum absolute atomic E-state index is 13.0. The number of sulfone groups is 1. The molecule has 0 aliphatic rings. The molecule has 0 aromatic heterocycles. The first kappa shape index (κ1) is 20.8. The fourth-order valence-corrected chi connectivity index (χ4v) is 3.94. The number of benzene rings is 2. The summed E-state index contributed by atoms with van der Waals surface area (Å²) >= 11 is 21.5. The summed E-state index contributed by atoms with van der Waals surface area (Å²) in [5.74, 6) is -0.208. The van der Waals surface area contributed by atoms with Gasteiger partial charge >= 0.3 is 0 Å². The molecule has 9 heteroatoms. The molecule has 2 aromatic carbocycles. The second-order valence-electron chi connectivity index (χ2n) is 5.24. The van der Waals surface area contributed by atoms with E-state index >= 15 is 0 Å². The average molecular weight is 445 g/mol. The second-order valence-corrected chi connectivity index (χ2v) is 8.92. The average Bonchev–Trinajstić information content (AvgIpc) is 2.58. The molecular weight excluding hydrogens is 431 g/mol. The first-order valence-electron chi connectivity index (χ1n) is 7.22. The van der Waals surface area contributed by atoms with Crippen molar-refractivity contribution in [2.75, 3.05) is 0 Å². The van der Waals surface area contributed by atoms with Gasteiger partial charge in [-0.3, -0.25) is 0 Å². The Morgan fingerprint density at radius 1 is 1.00 bits per heavy atom. The molecule has 0 aliphatic heterocycles. The lowest BCUT2D eigenvalue weighted by molar-refractivity contribution is 0.605. The van der Waals surface area contributed by atoms with E-state index in [0.717, 1.165) is 0 Å². The lowest BCUT2D eigenvalue weighted by Crippen LogP contribution is -2.30. The van der Waals surface area contributed by atoms with Crippen molar-refractivity contribution in [2.24, 2.45) is 5.73 Å². The van der Waals surface area contributed by atoms with Crippen LogP contribution in [-0.2, 0) is 15.6 Å². The van der Waals surface area contributed by atoms with Gasteiger partial charge in [0.1, 0.15) is 9.98 Å². The van der Waals surface area contributed by atoms with Crippen molar-refractivity contribution >= 4 is 72.4 Å². The fraction of sp³-hybridized carbons (Fsp3) is 0.0588. The Labute approximate surface area is 172 Å². The number of nitrogens with two attached hydrogens (primary N) is 1. The molecule has 0 saturated heterocycles. The van der Waals surface area contributed by atoms with Crippen molar-refractivity contribution in [1.82, 2.24) is 5.32 Å². The third kappa shape index (κ3) is 5.75. The van der Waals surface area contributed by atoms with Crippen molar-refractivity contribution in [3.63, 3.8) is 0 Å². The van der Waals surface area contributed by atoms with Gasteiger partial charge < -0.3 is 11.1 Å². The molecule has 0 spiro atoms. The van der Waals surface area contributed by atoms with E-state index < -0.39 is 9.84 Å². The number of nitrogens with one attached hydrogen (secondary N) is 1. The summed E-state index contributed by atoms with van der Waals surface area (Å²) in [6.45, 7) is 0. The first-order chi connectivity index (χ1) is 12.2. The van der Waals surface area contributed by atoms with Gasteiger partial charge in [0, 0.05) is 16.2 Å². The zero-order valence-corrected chi connectivity index (χ0v) is 17.2. The maximum Gasteiger partial charge on any atom is 0.184 e. The summed E-state index contributed by atoms with van der Waals surface area (Å²) in [6.07, 6.45) is 1.29. The summed E-state index contributed by atoms with van der Waals surface area (Å²) in [5.41, 5.74) is 6.51. The smallest absolute Gasteiger partial charge is 0.184 e. The Kier molecular flexibility index (Phi) is 7.14. The summed E-state index contributed by atoms with van der Waals surface area (Å²) in [5, 5.41) is 3.69. The predicted molar refractivity (Wildman–Crippen MR) is 116 cm³/mol. The minimum absolute atomic E-state index is 0.0261. The van der Waals surface area contributed by atoms with E-state index in [4.69, 9.17) is 53.4 Å². The molecule has 0 unspecified atom stereocenters. The van der Waals surface area contributed by atoms with Crippen LogP contribution in [-0.4, -0.2) is 18.4 Å². The van der Waals surface area contributed by atoms with Gasteiger partial charge in [0.25, 0.3) is 0 Å². The number of halogens is 2. The molecule has 0 aliphatic carbocycles. The van der Waals surface area contributed by atoms with Crippen LogP contribution in [0.25, 0.3) is 4.91 Å². The van der Waals surface area contributed by atoms with Crippen LogP contribution >= 0.6 is 47.6 Å². The second kappa shape index (κ2) is 8.92. The van der Waals surface area contributed by atoms with E-state index in [-0.39, 0.29) is 20.6 Å². The van der Waals surface area contributed by atoms with Crippen LogP contribution in [0.2, 0.25) is 10.0 Å². The van der Waals surface area contributed by atoms with E-state index in [1.165, 1.54) is 6.20 Å². The molecule has 0 amide bonds. The minimum atomic E-state index is -3.71. The van der Waals surface area contributed by atoms with Crippen molar-refractivity contribution in [1.29, 1.82) is 0 Å². The largest absolute Gasteiger partial charge is 0.388 e. The molecule has 2 aromatic rings. The summed E-state index contributed by atoms with van der Waals surface area (Å²) in [7, 11) is -3.71. The predicted octanol–water partition coefficient (Wildman–Crippen LogP) is 4.11. The maximum atomic E-state index is 13.0. The van der Waals surface area contributed by atoms with E-state index in [9.17, 15) is 8.42 Å². The number of rotatable bonds is 5. The topological polar surface area (TPSA) is 72.2 Å². The molecular formula is C17H14Cl2N2O2S3. The Balaban J connectivity index is 2.42. The van der Waals surface area contributed by atoms with Gasteiger partial charge in [-0.2, -0.15) is 0 Å². The molecule has 26 heavy (non-hydrogen) atoms. The van der Waals surface area contributed by atoms with Crippen LogP contribution in [0.3, 0.4) is 0 Å². The van der Waals surface area contributed by atoms with Gasteiger partial charge in [-0.25, -0.2) is 8.42 Å². The summed E-state index contributed by atoms with van der Waals surface area (Å²) in [6, 6.07) is 13.0. The van der Waals surface area contributed by atoms with Crippen LogP contribution in [0.4, 0.5) is 0 Å². The quantitative estimate of drug-likeness (QED) is 0.675.